The van der Waals surface area contributed by atoms with Crippen LogP contribution in [0.15, 0.2) is 24.3 Å². The zero-order valence-corrected chi connectivity index (χ0v) is 11.3. The molecule has 1 aromatic rings. The fourth-order valence-electron chi connectivity index (χ4n) is 1.53. The summed E-state index contributed by atoms with van der Waals surface area (Å²) in [6.45, 7) is 13.4. The molecule has 0 heterocycles. The van der Waals surface area contributed by atoms with Crippen molar-refractivity contribution < 1.29 is 0 Å². The van der Waals surface area contributed by atoms with E-state index in [1.165, 1.54) is 11.1 Å². The van der Waals surface area contributed by atoms with Crippen molar-refractivity contribution in [2.45, 2.75) is 41.2 Å². The van der Waals surface area contributed by atoms with Crippen molar-refractivity contribution in [2.75, 3.05) is 6.54 Å². The Kier molecular flexibility index (Phi) is 4.55. The smallest absolute Gasteiger partial charge is 0.0208 e. The minimum absolute atomic E-state index is 0.364. The molecule has 0 aliphatic carbocycles. The van der Waals surface area contributed by atoms with Gasteiger partial charge in [-0.3, -0.25) is 0 Å². The molecule has 1 rings (SSSR count). The number of benzene rings is 1. The number of aryl methyl sites for hydroxylation is 1. The monoisotopic (exact) mass is 219 g/mol. The Labute approximate surface area is 100 Å². The molecule has 1 aromatic carbocycles. The van der Waals surface area contributed by atoms with E-state index >= 15 is 0 Å². The predicted octanol–water partition coefficient (Wildman–Crippen LogP) is 3.77. The summed E-state index contributed by atoms with van der Waals surface area (Å²) in [7, 11) is 0. The quantitative estimate of drug-likeness (QED) is 0.795. The molecule has 0 radical (unpaired) electrons. The van der Waals surface area contributed by atoms with Gasteiger partial charge in [0.2, 0.25) is 0 Å². The highest BCUT2D eigenvalue weighted by atomic mass is 14.9. The Hall–Kier alpha value is -0.820. The Morgan fingerprint density at radius 3 is 2.38 bits per heavy atom. The van der Waals surface area contributed by atoms with E-state index in [1.807, 2.05) is 0 Å². The van der Waals surface area contributed by atoms with Gasteiger partial charge >= 0.3 is 0 Å². The van der Waals surface area contributed by atoms with E-state index in [0.29, 0.717) is 11.3 Å². The summed E-state index contributed by atoms with van der Waals surface area (Å²) in [5.41, 5.74) is 3.14. The third kappa shape index (κ3) is 3.64. The average molecular weight is 219 g/mol. The van der Waals surface area contributed by atoms with Crippen LogP contribution in [0.3, 0.4) is 0 Å². The summed E-state index contributed by atoms with van der Waals surface area (Å²) < 4.78 is 0. The van der Waals surface area contributed by atoms with Crippen molar-refractivity contribution in [1.82, 2.24) is 5.32 Å². The second-order valence-electron chi connectivity index (χ2n) is 5.67. The van der Waals surface area contributed by atoms with Crippen LogP contribution in [0.2, 0.25) is 0 Å². The first-order valence-corrected chi connectivity index (χ1v) is 6.18. The van der Waals surface area contributed by atoms with Gasteiger partial charge in [0.1, 0.15) is 0 Å². The minimum atomic E-state index is 0.364. The SMILES string of the molecule is Cc1ccccc1CNCC(C)(C)C(C)C. The molecule has 90 valence electrons. The first-order valence-electron chi connectivity index (χ1n) is 6.18. The second kappa shape index (κ2) is 5.49. The molecule has 0 saturated carbocycles. The highest BCUT2D eigenvalue weighted by molar-refractivity contribution is 5.25. The molecule has 0 bridgehead atoms. The molecule has 0 aromatic heterocycles. The van der Waals surface area contributed by atoms with Crippen molar-refractivity contribution in [3.8, 4) is 0 Å². The van der Waals surface area contributed by atoms with Gasteiger partial charge in [-0.05, 0) is 29.4 Å². The van der Waals surface area contributed by atoms with E-state index in [9.17, 15) is 0 Å². The standard InChI is InChI=1S/C15H25N/c1-12(2)15(4,5)11-16-10-14-9-7-6-8-13(14)3/h6-9,12,16H,10-11H2,1-5H3. The molecule has 0 fully saturated rings. The lowest BCUT2D eigenvalue weighted by atomic mass is 9.81. The summed E-state index contributed by atoms with van der Waals surface area (Å²) in [6, 6.07) is 8.57. The molecule has 0 atom stereocenters. The Balaban J connectivity index is 2.45. The van der Waals surface area contributed by atoms with Gasteiger partial charge in [-0.15, -0.1) is 0 Å². The van der Waals surface area contributed by atoms with Crippen LogP contribution in [0.25, 0.3) is 0 Å². The molecule has 16 heavy (non-hydrogen) atoms. The maximum atomic E-state index is 3.56. The fraction of sp³-hybridized carbons (Fsp3) is 0.600. The molecule has 0 aliphatic heterocycles. The molecule has 0 saturated heterocycles. The van der Waals surface area contributed by atoms with E-state index in [4.69, 9.17) is 0 Å². The van der Waals surface area contributed by atoms with Crippen LogP contribution >= 0.6 is 0 Å². The summed E-state index contributed by atoms with van der Waals surface area (Å²) in [4.78, 5) is 0. The van der Waals surface area contributed by atoms with Crippen molar-refractivity contribution in [1.29, 1.82) is 0 Å². The zero-order chi connectivity index (χ0) is 12.2. The van der Waals surface area contributed by atoms with Crippen LogP contribution in [0.4, 0.5) is 0 Å². The van der Waals surface area contributed by atoms with Crippen molar-refractivity contribution in [3.63, 3.8) is 0 Å². The maximum Gasteiger partial charge on any atom is 0.0208 e. The lowest BCUT2D eigenvalue weighted by Gasteiger charge is -2.29. The fourth-order valence-corrected chi connectivity index (χ4v) is 1.53. The van der Waals surface area contributed by atoms with E-state index < -0.39 is 0 Å². The van der Waals surface area contributed by atoms with Gasteiger partial charge in [-0.1, -0.05) is 52.0 Å². The highest BCUT2D eigenvalue weighted by Crippen LogP contribution is 2.24. The summed E-state index contributed by atoms with van der Waals surface area (Å²) >= 11 is 0. The summed E-state index contributed by atoms with van der Waals surface area (Å²) in [5, 5.41) is 3.56. The van der Waals surface area contributed by atoms with Gasteiger partial charge in [-0.25, -0.2) is 0 Å². The van der Waals surface area contributed by atoms with Crippen LogP contribution < -0.4 is 5.32 Å². The van der Waals surface area contributed by atoms with Crippen LogP contribution in [0.1, 0.15) is 38.8 Å². The van der Waals surface area contributed by atoms with Crippen LogP contribution in [-0.4, -0.2) is 6.54 Å². The minimum Gasteiger partial charge on any atom is -0.312 e. The Morgan fingerprint density at radius 2 is 1.81 bits per heavy atom. The number of hydrogen-bond acceptors (Lipinski definition) is 1. The third-order valence-corrected chi connectivity index (χ3v) is 3.72. The first kappa shape index (κ1) is 13.2. The van der Waals surface area contributed by atoms with Crippen LogP contribution in [0.5, 0.6) is 0 Å². The van der Waals surface area contributed by atoms with Crippen molar-refractivity contribution in [2.24, 2.45) is 11.3 Å². The van der Waals surface area contributed by atoms with Gasteiger partial charge in [0, 0.05) is 13.1 Å². The Bertz CT molecular complexity index is 326. The largest absolute Gasteiger partial charge is 0.312 e. The summed E-state index contributed by atoms with van der Waals surface area (Å²) in [6.07, 6.45) is 0. The highest BCUT2D eigenvalue weighted by Gasteiger charge is 2.21. The first-order chi connectivity index (χ1) is 7.43. The molecule has 0 spiro atoms. The third-order valence-electron chi connectivity index (χ3n) is 3.72. The van der Waals surface area contributed by atoms with Crippen molar-refractivity contribution >= 4 is 0 Å². The molecular formula is C15H25N. The lowest BCUT2D eigenvalue weighted by Crippen LogP contribution is -2.33. The van der Waals surface area contributed by atoms with Gasteiger partial charge in [0.05, 0.1) is 0 Å². The zero-order valence-electron chi connectivity index (χ0n) is 11.3. The topological polar surface area (TPSA) is 12.0 Å². The molecule has 1 N–H and O–H groups in total. The molecule has 1 nitrogen and oxygen atoms in total. The molecule has 0 unspecified atom stereocenters. The summed E-state index contributed by atoms with van der Waals surface area (Å²) in [5.74, 6) is 0.705. The van der Waals surface area contributed by atoms with Crippen molar-refractivity contribution in [3.05, 3.63) is 35.4 Å². The van der Waals surface area contributed by atoms with Gasteiger partial charge in [0.15, 0.2) is 0 Å². The number of hydrogen-bond donors (Lipinski definition) is 1. The van der Waals surface area contributed by atoms with Gasteiger partial charge in [-0.2, -0.15) is 0 Å². The predicted molar refractivity (Wildman–Crippen MR) is 71.5 cm³/mol. The number of nitrogens with one attached hydrogen (secondary N) is 1. The van der Waals surface area contributed by atoms with E-state index in [-0.39, 0.29) is 0 Å². The molecular weight excluding hydrogens is 194 g/mol. The van der Waals surface area contributed by atoms with Gasteiger partial charge in [0.25, 0.3) is 0 Å². The number of rotatable bonds is 5. The lowest BCUT2D eigenvalue weighted by molar-refractivity contribution is 0.238. The van der Waals surface area contributed by atoms with E-state index in [1.54, 1.807) is 0 Å². The van der Waals surface area contributed by atoms with E-state index in [0.717, 1.165) is 13.1 Å². The van der Waals surface area contributed by atoms with Gasteiger partial charge < -0.3 is 5.32 Å². The van der Waals surface area contributed by atoms with E-state index in [2.05, 4.69) is 64.2 Å². The van der Waals surface area contributed by atoms with Crippen LogP contribution in [-0.2, 0) is 6.54 Å². The average Bonchev–Trinajstić information content (AvgIpc) is 2.20. The Morgan fingerprint density at radius 1 is 1.19 bits per heavy atom. The second-order valence-corrected chi connectivity index (χ2v) is 5.67. The maximum absolute atomic E-state index is 3.56. The van der Waals surface area contributed by atoms with Crippen LogP contribution in [0, 0.1) is 18.3 Å². The molecule has 0 aliphatic rings. The molecule has 0 amide bonds. The normalized spacial score (nSPS) is 12.1. The molecule has 1 heteroatoms.